The molecule has 0 aliphatic carbocycles. The average molecular weight is 282 g/mol. The van der Waals surface area contributed by atoms with Crippen molar-refractivity contribution in [1.29, 1.82) is 0 Å². The molecule has 0 aromatic heterocycles. The van der Waals surface area contributed by atoms with Crippen LogP contribution >= 0.6 is 11.6 Å². The Morgan fingerprint density at radius 2 is 2.26 bits per heavy atom. The molecule has 1 aliphatic heterocycles. The average Bonchev–Trinajstić information content (AvgIpc) is 2.84. The highest BCUT2D eigenvalue weighted by molar-refractivity contribution is 6.30. The summed E-state index contributed by atoms with van der Waals surface area (Å²) in [5.74, 6) is 1.10. The molecule has 0 radical (unpaired) electrons. The number of hydrogen-bond acceptors (Lipinski definition) is 2. The highest BCUT2D eigenvalue weighted by atomic mass is 35.5. The topological polar surface area (TPSA) is 21.3 Å². The highest BCUT2D eigenvalue weighted by Crippen LogP contribution is 2.33. The first-order valence-corrected chi connectivity index (χ1v) is 7.76. The summed E-state index contributed by atoms with van der Waals surface area (Å²) in [6, 6.07) is 4.70. The molecule has 0 amide bonds. The molecule has 2 rings (SSSR count). The van der Waals surface area contributed by atoms with E-state index in [0.29, 0.717) is 6.04 Å². The van der Waals surface area contributed by atoms with Gasteiger partial charge in [-0.25, -0.2) is 0 Å². The van der Waals surface area contributed by atoms with Crippen molar-refractivity contribution in [3.8, 4) is 5.75 Å². The van der Waals surface area contributed by atoms with Gasteiger partial charge in [0.1, 0.15) is 5.75 Å². The molecule has 1 atom stereocenters. The third kappa shape index (κ3) is 4.12. The fourth-order valence-corrected chi connectivity index (χ4v) is 2.89. The molecule has 1 heterocycles. The second-order valence-corrected chi connectivity index (χ2v) is 5.84. The lowest BCUT2D eigenvalue weighted by molar-refractivity contribution is 0.352. The second kappa shape index (κ2) is 7.16. The van der Waals surface area contributed by atoms with Gasteiger partial charge < -0.3 is 10.1 Å². The number of rotatable bonds is 7. The lowest BCUT2D eigenvalue weighted by Crippen LogP contribution is -2.26. The van der Waals surface area contributed by atoms with E-state index in [1.807, 2.05) is 6.07 Å². The molecule has 106 valence electrons. The Kier molecular flexibility index (Phi) is 5.53. The van der Waals surface area contributed by atoms with Gasteiger partial charge in [0.05, 0.1) is 6.61 Å². The largest absolute Gasteiger partial charge is 0.493 e. The molecule has 2 nitrogen and oxygen atoms in total. The molecule has 1 aromatic carbocycles. The van der Waals surface area contributed by atoms with E-state index in [2.05, 4.69) is 25.2 Å². The summed E-state index contributed by atoms with van der Waals surface area (Å²) in [6.45, 7) is 6.37. The fourth-order valence-electron chi connectivity index (χ4n) is 2.62. The number of fused-ring (bicyclic) bond motifs is 1. The summed E-state index contributed by atoms with van der Waals surface area (Å²) in [5, 5.41) is 4.37. The van der Waals surface area contributed by atoms with E-state index in [-0.39, 0.29) is 0 Å². The highest BCUT2D eigenvalue weighted by Gasteiger charge is 2.17. The molecular formula is C16H24ClNO. The Bertz CT molecular complexity index is 419. The Morgan fingerprint density at radius 3 is 3.05 bits per heavy atom. The van der Waals surface area contributed by atoms with E-state index in [4.69, 9.17) is 16.3 Å². The maximum absolute atomic E-state index is 6.17. The molecule has 19 heavy (non-hydrogen) atoms. The van der Waals surface area contributed by atoms with Crippen molar-refractivity contribution in [2.24, 2.45) is 0 Å². The first-order chi connectivity index (χ1) is 9.20. The monoisotopic (exact) mass is 281 g/mol. The van der Waals surface area contributed by atoms with E-state index in [1.165, 1.54) is 30.4 Å². The van der Waals surface area contributed by atoms with Crippen LogP contribution in [0.1, 0.15) is 44.2 Å². The molecule has 0 saturated heterocycles. The number of halogens is 1. The van der Waals surface area contributed by atoms with Crippen LogP contribution in [0.15, 0.2) is 12.1 Å². The summed E-state index contributed by atoms with van der Waals surface area (Å²) < 4.78 is 5.73. The normalized spacial score (nSPS) is 15.1. The third-order valence-electron chi connectivity index (χ3n) is 3.65. The van der Waals surface area contributed by atoms with Crippen LogP contribution in [-0.2, 0) is 12.8 Å². The maximum Gasteiger partial charge on any atom is 0.125 e. The summed E-state index contributed by atoms with van der Waals surface area (Å²) in [7, 11) is 0. The molecule has 0 fully saturated rings. The Hall–Kier alpha value is -0.730. The number of hydrogen-bond donors (Lipinski definition) is 1. The molecule has 1 N–H and O–H groups in total. The third-order valence-corrected chi connectivity index (χ3v) is 3.87. The van der Waals surface area contributed by atoms with Gasteiger partial charge in [0.15, 0.2) is 0 Å². The zero-order chi connectivity index (χ0) is 13.7. The quantitative estimate of drug-likeness (QED) is 0.816. The van der Waals surface area contributed by atoms with Crippen molar-refractivity contribution in [3.05, 3.63) is 28.3 Å². The molecule has 0 spiro atoms. The van der Waals surface area contributed by atoms with Gasteiger partial charge in [0, 0.05) is 17.5 Å². The van der Waals surface area contributed by atoms with Crippen LogP contribution in [0.3, 0.4) is 0 Å². The maximum atomic E-state index is 6.17. The van der Waals surface area contributed by atoms with Crippen molar-refractivity contribution in [1.82, 2.24) is 5.32 Å². The van der Waals surface area contributed by atoms with Crippen molar-refractivity contribution in [2.45, 2.75) is 52.0 Å². The van der Waals surface area contributed by atoms with Crippen molar-refractivity contribution >= 4 is 11.6 Å². The van der Waals surface area contributed by atoms with Crippen LogP contribution in [0.4, 0.5) is 0 Å². The fraction of sp³-hybridized carbons (Fsp3) is 0.625. The molecule has 0 saturated carbocycles. The van der Waals surface area contributed by atoms with E-state index in [0.717, 1.165) is 36.8 Å². The van der Waals surface area contributed by atoms with Crippen LogP contribution in [0, 0.1) is 0 Å². The van der Waals surface area contributed by atoms with Crippen LogP contribution in [0.5, 0.6) is 5.75 Å². The van der Waals surface area contributed by atoms with Crippen LogP contribution in [0.2, 0.25) is 5.02 Å². The summed E-state index contributed by atoms with van der Waals surface area (Å²) in [4.78, 5) is 0. The number of ether oxygens (including phenoxy) is 1. The second-order valence-electron chi connectivity index (χ2n) is 5.40. The zero-order valence-electron chi connectivity index (χ0n) is 12.0. The van der Waals surface area contributed by atoms with Gasteiger partial charge in [0.25, 0.3) is 0 Å². The van der Waals surface area contributed by atoms with E-state index in [1.54, 1.807) is 0 Å². The molecule has 1 unspecified atom stereocenters. The SMILES string of the molecule is CCCNC(C)CCCc1cc(Cl)cc2c1OCC2. The van der Waals surface area contributed by atoms with E-state index in [9.17, 15) is 0 Å². The van der Waals surface area contributed by atoms with Gasteiger partial charge in [-0.2, -0.15) is 0 Å². The predicted octanol–water partition coefficient (Wildman–Crippen LogP) is 3.99. The van der Waals surface area contributed by atoms with E-state index >= 15 is 0 Å². The molecule has 0 bridgehead atoms. The number of aryl methyl sites for hydroxylation is 1. The summed E-state index contributed by atoms with van der Waals surface area (Å²) >= 11 is 6.17. The smallest absolute Gasteiger partial charge is 0.125 e. The van der Waals surface area contributed by atoms with Crippen molar-refractivity contribution in [3.63, 3.8) is 0 Å². The predicted molar refractivity (Wildman–Crippen MR) is 81.3 cm³/mol. The minimum Gasteiger partial charge on any atom is -0.493 e. The first-order valence-electron chi connectivity index (χ1n) is 7.38. The Morgan fingerprint density at radius 1 is 1.42 bits per heavy atom. The van der Waals surface area contributed by atoms with Gasteiger partial charge in [0.2, 0.25) is 0 Å². The molecule has 1 aromatic rings. The number of nitrogens with one attached hydrogen (secondary N) is 1. The van der Waals surface area contributed by atoms with Crippen LogP contribution in [0.25, 0.3) is 0 Å². The summed E-state index contributed by atoms with van der Waals surface area (Å²) in [6.07, 6.45) is 5.62. The lowest BCUT2D eigenvalue weighted by atomic mass is 10.0. The van der Waals surface area contributed by atoms with Gasteiger partial charge in [-0.15, -0.1) is 0 Å². The van der Waals surface area contributed by atoms with E-state index < -0.39 is 0 Å². The van der Waals surface area contributed by atoms with Crippen molar-refractivity contribution < 1.29 is 4.74 Å². The molecule has 1 aliphatic rings. The Labute approximate surface area is 121 Å². The van der Waals surface area contributed by atoms with Crippen LogP contribution in [-0.4, -0.2) is 19.2 Å². The first kappa shape index (κ1) is 14.7. The van der Waals surface area contributed by atoms with Crippen molar-refractivity contribution in [2.75, 3.05) is 13.2 Å². The standard InChI is InChI=1S/C16H24ClNO/c1-3-8-18-12(2)5-4-6-13-10-15(17)11-14-7-9-19-16(13)14/h10-12,18H,3-9H2,1-2H3. The van der Waals surface area contributed by atoms with Gasteiger partial charge in [-0.1, -0.05) is 18.5 Å². The number of benzene rings is 1. The minimum absolute atomic E-state index is 0.591. The van der Waals surface area contributed by atoms with Gasteiger partial charge >= 0.3 is 0 Å². The zero-order valence-corrected chi connectivity index (χ0v) is 12.7. The summed E-state index contributed by atoms with van der Waals surface area (Å²) in [5.41, 5.74) is 2.56. The van der Waals surface area contributed by atoms with Crippen LogP contribution < -0.4 is 10.1 Å². The Balaban J connectivity index is 1.86. The van der Waals surface area contributed by atoms with Gasteiger partial charge in [-0.3, -0.25) is 0 Å². The molecular weight excluding hydrogens is 258 g/mol. The minimum atomic E-state index is 0.591. The lowest BCUT2D eigenvalue weighted by Gasteiger charge is -2.14. The van der Waals surface area contributed by atoms with Gasteiger partial charge in [-0.05, 0) is 62.4 Å². The molecule has 3 heteroatoms.